The highest BCUT2D eigenvalue weighted by atomic mass is 32.2. The Kier molecular flexibility index (Phi) is 6.61. The van der Waals surface area contributed by atoms with Gasteiger partial charge in [-0.3, -0.25) is 4.79 Å². The van der Waals surface area contributed by atoms with Crippen LogP contribution in [-0.2, 0) is 34.1 Å². The number of anilines is 1. The number of aromatic amines is 1. The van der Waals surface area contributed by atoms with E-state index in [2.05, 4.69) is 25.2 Å². The maximum Gasteiger partial charge on any atom is 0.256 e. The highest BCUT2D eigenvalue weighted by molar-refractivity contribution is 7.89. The Bertz CT molecular complexity index is 1230. The first-order valence-corrected chi connectivity index (χ1v) is 13.7. The number of piperazine rings is 1. The molecule has 5 rings (SSSR count). The lowest BCUT2D eigenvalue weighted by atomic mass is 9.92. The molecule has 182 valence electrons. The molecule has 34 heavy (non-hydrogen) atoms. The van der Waals surface area contributed by atoms with Crippen LogP contribution >= 0.6 is 0 Å². The van der Waals surface area contributed by atoms with E-state index in [1.807, 2.05) is 6.08 Å². The predicted molar refractivity (Wildman–Crippen MR) is 134 cm³/mol. The van der Waals surface area contributed by atoms with Crippen molar-refractivity contribution < 1.29 is 13.2 Å². The van der Waals surface area contributed by atoms with E-state index in [0.29, 0.717) is 16.8 Å². The Labute approximate surface area is 201 Å². The minimum atomic E-state index is -3.60. The fourth-order valence-electron chi connectivity index (χ4n) is 5.34. The molecule has 2 aromatic rings. The Morgan fingerprint density at radius 3 is 2.74 bits per heavy atom. The van der Waals surface area contributed by atoms with Gasteiger partial charge >= 0.3 is 0 Å². The molecule has 9 heteroatoms. The molecular formula is C25H33N5O3S. The van der Waals surface area contributed by atoms with Gasteiger partial charge in [0, 0.05) is 48.8 Å². The van der Waals surface area contributed by atoms with Crippen molar-refractivity contribution in [2.75, 3.05) is 45.1 Å². The summed E-state index contributed by atoms with van der Waals surface area (Å²) in [6.07, 6.45) is 8.46. The fourth-order valence-corrected chi connectivity index (χ4v) is 6.10. The Balaban J connectivity index is 1.47. The van der Waals surface area contributed by atoms with E-state index in [-0.39, 0.29) is 10.8 Å². The van der Waals surface area contributed by atoms with E-state index in [4.69, 9.17) is 0 Å². The van der Waals surface area contributed by atoms with Crippen LogP contribution in [0.25, 0.3) is 11.6 Å². The maximum atomic E-state index is 12.9. The number of sulfonamides is 1. The van der Waals surface area contributed by atoms with Crippen molar-refractivity contribution in [3.63, 3.8) is 0 Å². The van der Waals surface area contributed by atoms with Crippen molar-refractivity contribution in [3.8, 4) is 0 Å². The first-order valence-electron chi connectivity index (χ1n) is 12.2. The van der Waals surface area contributed by atoms with E-state index in [9.17, 15) is 13.2 Å². The van der Waals surface area contributed by atoms with Crippen molar-refractivity contribution in [2.45, 2.75) is 43.4 Å². The second-order valence-electron chi connectivity index (χ2n) is 9.30. The summed E-state index contributed by atoms with van der Waals surface area (Å²) in [7, 11) is -2.21. The number of aryl methyl sites for hydroxylation is 1. The normalized spacial score (nSPS) is 19.8. The molecule has 3 aliphatic rings. The largest absolute Gasteiger partial charge is 0.358 e. The fraction of sp³-hybridized carbons (Fsp3) is 0.480. The molecule has 1 aromatic carbocycles. The van der Waals surface area contributed by atoms with Crippen LogP contribution in [0.4, 0.5) is 5.69 Å². The molecule has 1 aromatic heterocycles. The van der Waals surface area contributed by atoms with Gasteiger partial charge in [-0.2, -0.15) is 0 Å². The molecule has 1 fully saturated rings. The molecule has 3 heterocycles. The number of nitrogens with one attached hydrogen (secondary N) is 4. The highest BCUT2D eigenvalue weighted by Gasteiger charge is 2.28. The van der Waals surface area contributed by atoms with E-state index >= 15 is 0 Å². The van der Waals surface area contributed by atoms with Crippen LogP contribution in [-0.4, -0.2) is 64.0 Å². The SMILES string of the molecule is CNS(=O)(=O)c1ccc2c(c1)/C(=C/c1[nH]c3c(c1CCCN1CCNCC1)CCCC3)C(=O)N2. The number of H-pyrrole nitrogens is 1. The third kappa shape index (κ3) is 4.57. The molecule has 0 spiro atoms. The molecule has 1 saturated heterocycles. The molecule has 0 atom stereocenters. The molecular weight excluding hydrogens is 450 g/mol. The predicted octanol–water partition coefficient (Wildman–Crippen LogP) is 2.13. The third-order valence-corrected chi connectivity index (χ3v) is 8.61. The van der Waals surface area contributed by atoms with Crippen molar-refractivity contribution in [1.82, 2.24) is 19.9 Å². The molecule has 0 unspecified atom stereocenters. The Morgan fingerprint density at radius 1 is 1.15 bits per heavy atom. The molecule has 1 amide bonds. The second-order valence-corrected chi connectivity index (χ2v) is 11.2. The minimum Gasteiger partial charge on any atom is -0.358 e. The summed E-state index contributed by atoms with van der Waals surface area (Å²) in [6.45, 7) is 5.37. The van der Waals surface area contributed by atoms with Gasteiger partial charge in [0.1, 0.15) is 0 Å². The van der Waals surface area contributed by atoms with E-state index < -0.39 is 10.0 Å². The van der Waals surface area contributed by atoms with Gasteiger partial charge in [-0.05, 0) is 87.5 Å². The van der Waals surface area contributed by atoms with Gasteiger partial charge in [-0.25, -0.2) is 13.1 Å². The summed E-state index contributed by atoms with van der Waals surface area (Å²) >= 11 is 0. The molecule has 1 aliphatic carbocycles. The van der Waals surface area contributed by atoms with Crippen LogP contribution in [0.15, 0.2) is 23.1 Å². The zero-order valence-electron chi connectivity index (χ0n) is 19.7. The van der Waals surface area contributed by atoms with Crippen LogP contribution in [0.2, 0.25) is 0 Å². The number of carbonyl (C=O) groups is 1. The van der Waals surface area contributed by atoms with Crippen molar-refractivity contribution in [2.24, 2.45) is 0 Å². The van der Waals surface area contributed by atoms with Gasteiger partial charge in [0.2, 0.25) is 10.0 Å². The molecule has 2 aliphatic heterocycles. The minimum absolute atomic E-state index is 0.151. The van der Waals surface area contributed by atoms with Gasteiger partial charge in [-0.15, -0.1) is 0 Å². The number of hydrogen-bond acceptors (Lipinski definition) is 5. The van der Waals surface area contributed by atoms with Gasteiger partial charge < -0.3 is 20.5 Å². The van der Waals surface area contributed by atoms with Gasteiger partial charge in [-0.1, -0.05) is 0 Å². The zero-order valence-corrected chi connectivity index (χ0v) is 20.5. The summed E-state index contributed by atoms with van der Waals surface area (Å²) < 4.78 is 27.0. The topological polar surface area (TPSA) is 106 Å². The third-order valence-electron chi connectivity index (χ3n) is 7.20. The first kappa shape index (κ1) is 23.3. The highest BCUT2D eigenvalue weighted by Crippen LogP contribution is 2.36. The summed E-state index contributed by atoms with van der Waals surface area (Å²) in [6, 6.07) is 4.76. The average molecular weight is 484 g/mol. The van der Waals surface area contributed by atoms with Crippen LogP contribution in [0.1, 0.15) is 47.3 Å². The van der Waals surface area contributed by atoms with E-state index in [0.717, 1.165) is 64.1 Å². The summed E-state index contributed by atoms with van der Waals surface area (Å²) in [4.78, 5) is 19.1. The van der Waals surface area contributed by atoms with Crippen LogP contribution in [0, 0.1) is 0 Å². The zero-order chi connectivity index (χ0) is 23.7. The number of amides is 1. The quantitative estimate of drug-likeness (QED) is 0.452. The molecule has 0 saturated carbocycles. The number of rotatable bonds is 7. The second kappa shape index (κ2) is 9.65. The first-order chi connectivity index (χ1) is 16.5. The number of hydrogen-bond donors (Lipinski definition) is 4. The van der Waals surface area contributed by atoms with Crippen LogP contribution < -0.4 is 15.4 Å². The standard InChI is InChI=1S/C25H33N5O3S/c1-26-34(32,33)17-8-9-23-20(15-17)21(25(31)29-23)16-24-19(18-5-2-3-7-22(18)28-24)6-4-12-30-13-10-27-11-14-30/h8-9,15-16,26-28H,2-7,10-14H2,1H3,(H,29,31)/b21-16-. The molecule has 8 nitrogen and oxygen atoms in total. The monoisotopic (exact) mass is 483 g/mol. The Morgan fingerprint density at radius 2 is 1.94 bits per heavy atom. The summed E-state index contributed by atoms with van der Waals surface area (Å²) in [5.74, 6) is -0.201. The lowest BCUT2D eigenvalue weighted by Gasteiger charge is -2.27. The molecule has 4 N–H and O–H groups in total. The summed E-state index contributed by atoms with van der Waals surface area (Å²) in [5.41, 5.74) is 6.79. The number of benzene rings is 1. The average Bonchev–Trinajstić information content (AvgIpc) is 3.36. The van der Waals surface area contributed by atoms with Crippen LogP contribution in [0.3, 0.4) is 0 Å². The summed E-state index contributed by atoms with van der Waals surface area (Å²) in [5, 5.41) is 6.29. The number of nitrogens with zero attached hydrogens (tertiary/aromatic N) is 1. The Hall–Kier alpha value is -2.46. The van der Waals surface area contributed by atoms with Gasteiger partial charge in [0.15, 0.2) is 0 Å². The van der Waals surface area contributed by atoms with Gasteiger partial charge in [0.05, 0.1) is 10.5 Å². The lowest BCUT2D eigenvalue weighted by Crippen LogP contribution is -2.43. The van der Waals surface area contributed by atoms with Gasteiger partial charge in [0.25, 0.3) is 5.91 Å². The van der Waals surface area contributed by atoms with Crippen molar-refractivity contribution >= 4 is 33.3 Å². The number of aromatic nitrogens is 1. The van der Waals surface area contributed by atoms with Crippen molar-refractivity contribution in [1.29, 1.82) is 0 Å². The number of fused-ring (bicyclic) bond motifs is 2. The number of carbonyl (C=O) groups excluding carboxylic acids is 1. The van der Waals surface area contributed by atoms with Crippen LogP contribution in [0.5, 0.6) is 0 Å². The molecule has 0 bridgehead atoms. The van der Waals surface area contributed by atoms with E-state index in [1.54, 1.807) is 12.1 Å². The lowest BCUT2D eigenvalue weighted by molar-refractivity contribution is -0.110. The molecule has 0 radical (unpaired) electrons. The van der Waals surface area contributed by atoms with Crippen molar-refractivity contribution in [3.05, 3.63) is 46.3 Å². The van der Waals surface area contributed by atoms with E-state index in [1.165, 1.54) is 42.8 Å². The smallest absolute Gasteiger partial charge is 0.256 e. The maximum absolute atomic E-state index is 12.9.